The van der Waals surface area contributed by atoms with Crippen LogP contribution in [0.1, 0.15) is 5.56 Å². The maximum Gasteiger partial charge on any atom is 0.224 e. The summed E-state index contributed by atoms with van der Waals surface area (Å²) in [7, 11) is 6.45. The number of aryl methyl sites for hydroxylation is 2. The lowest BCUT2D eigenvalue weighted by Gasteiger charge is -2.17. The summed E-state index contributed by atoms with van der Waals surface area (Å²) in [4.78, 5) is 2.23. The van der Waals surface area contributed by atoms with E-state index in [1.165, 1.54) is 71.0 Å². The fraction of sp³-hybridized carbons (Fsp3) is 0.138. The Kier molecular flexibility index (Phi) is 3.27. The third-order valence-corrected chi connectivity index (χ3v) is 7.28. The van der Waals surface area contributed by atoms with Crippen LogP contribution in [-0.4, -0.2) is 18.5 Å². The Morgan fingerprint density at radius 3 is 2.38 bits per heavy atom. The highest BCUT2D eigenvalue weighted by Crippen LogP contribution is 2.44. The van der Waals surface area contributed by atoms with Gasteiger partial charge in [0.05, 0.1) is 33.0 Å². The van der Waals surface area contributed by atoms with Crippen LogP contribution >= 0.6 is 0 Å². The molecule has 0 N–H and O–H groups in total. The smallest absolute Gasteiger partial charge is 0.224 e. The van der Waals surface area contributed by atoms with E-state index >= 15 is 0 Å². The molecule has 0 amide bonds. The Morgan fingerprint density at radius 1 is 0.750 bits per heavy atom. The summed E-state index contributed by atoms with van der Waals surface area (Å²) in [5, 5.41) is 9.21. The summed E-state index contributed by atoms with van der Waals surface area (Å²) in [5.74, 6) is 0. The van der Waals surface area contributed by atoms with E-state index in [-0.39, 0.29) is 0 Å². The molecule has 3 aromatic heterocycles. The molecule has 7 aromatic rings. The van der Waals surface area contributed by atoms with Crippen molar-refractivity contribution in [1.29, 1.82) is 0 Å². The second kappa shape index (κ2) is 5.89. The van der Waals surface area contributed by atoms with Crippen LogP contribution in [0.2, 0.25) is 0 Å². The summed E-state index contributed by atoms with van der Waals surface area (Å²) in [6.07, 6.45) is 2.20. The Balaban J connectivity index is 1.97. The van der Waals surface area contributed by atoms with Gasteiger partial charge in [-0.1, -0.05) is 48.5 Å². The number of benzene rings is 4. The van der Waals surface area contributed by atoms with Crippen molar-refractivity contribution in [2.24, 2.45) is 7.05 Å². The van der Waals surface area contributed by atoms with Crippen molar-refractivity contribution in [2.45, 2.75) is 6.92 Å². The highest BCUT2D eigenvalue weighted by atomic mass is 15.1. The van der Waals surface area contributed by atoms with Crippen LogP contribution in [-0.2, 0) is 7.05 Å². The molecule has 154 valence electrons. The second-order valence-corrected chi connectivity index (χ2v) is 9.22. The molecule has 0 atom stereocenters. The van der Waals surface area contributed by atoms with Gasteiger partial charge in [-0.15, -0.1) is 0 Å². The van der Waals surface area contributed by atoms with Crippen LogP contribution in [0.3, 0.4) is 0 Å². The van der Waals surface area contributed by atoms with Gasteiger partial charge in [0.25, 0.3) is 0 Å². The van der Waals surface area contributed by atoms with Gasteiger partial charge in [-0.25, -0.2) is 4.57 Å². The van der Waals surface area contributed by atoms with E-state index in [0.717, 1.165) is 0 Å². The predicted molar refractivity (Wildman–Crippen MR) is 136 cm³/mol. The molecule has 7 rings (SSSR count). The molecule has 0 unspecified atom stereocenters. The molecule has 0 bridgehead atoms. The zero-order valence-corrected chi connectivity index (χ0v) is 18.8. The van der Waals surface area contributed by atoms with Crippen molar-refractivity contribution in [1.82, 2.24) is 4.40 Å². The molecule has 0 spiro atoms. The summed E-state index contributed by atoms with van der Waals surface area (Å²) in [6.45, 7) is 2.28. The molecule has 0 aliphatic heterocycles. The van der Waals surface area contributed by atoms with Gasteiger partial charge < -0.3 is 9.30 Å². The summed E-state index contributed by atoms with van der Waals surface area (Å²) in [6, 6.07) is 24.7. The number of para-hydroxylation sites is 1. The van der Waals surface area contributed by atoms with E-state index < -0.39 is 0 Å². The molecule has 32 heavy (non-hydrogen) atoms. The SMILES string of the molecule is Cc1c2ccccc2cc2c1c1c3c(ccc4c5cccc(N(C)C)c5n2c43)cc[n+]1C. The highest BCUT2D eigenvalue weighted by molar-refractivity contribution is 6.29. The molecule has 0 saturated heterocycles. The van der Waals surface area contributed by atoms with Gasteiger partial charge in [0.15, 0.2) is 6.20 Å². The lowest BCUT2D eigenvalue weighted by Crippen LogP contribution is -2.28. The molecule has 0 aliphatic rings. The number of rotatable bonds is 1. The number of hydrogen-bond donors (Lipinski definition) is 0. The number of fused-ring (bicyclic) bond motifs is 7. The van der Waals surface area contributed by atoms with E-state index in [4.69, 9.17) is 0 Å². The third kappa shape index (κ3) is 1.99. The maximum atomic E-state index is 2.53. The van der Waals surface area contributed by atoms with E-state index in [0.29, 0.717) is 0 Å². The molecular formula is C29H24N3+. The largest absolute Gasteiger partial charge is 0.376 e. The molecule has 0 saturated carbocycles. The van der Waals surface area contributed by atoms with Gasteiger partial charge in [0.1, 0.15) is 7.05 Å². The first-order valence-corrected chi connectivity index (χ1v) is 11.1. The molecule has 4 aromatic carbocycles. The van der Waals surface area contributed by atoms with Crippen LogP contribution in [0.5, 0.6) is 0 Å². The molecular weight excluding hydrogens is 390 g/mol. The lowest BCUT2D eigenvalue weighted by molar-refractivity contribution is -0.643. The van der Waals surface area contributed by atoms with E-state index in [1.807, 2.05) is 0 Å². The first-order valence-electron chi connectivity index (χ1n) is 11.1. The molecule has 0 radical (unpaired) electrons. The van der Waals surface area contributed by atoms with Gasteiger partial charge in [-0.3, -0.25) is 0 Å². The number of hydrogen-bond acceptors (Lipinski definition) is 1. The average Bonchev–Trinajstić information content (AvgIpc) is 3.15. The molecule has 3 heteroatoms. The fourth-order valence-corrected chi connectivity index (χ4v) is 5.87. The minimum absolute atomic E-state index is 1.24. The minimum Gasteiger partial charge on any atom is -0.376 e. The Labute approximate surface area is 186 Å². The van der Waals surface area contributed by atoms with Crippen molar-refractivity contribution in [3.8, 4) is 0 Å². The quantitative estimate of drug-likeness (QED) is 0.173. The van der Waals surface area contributed by atoms with Gasteiger partial charge in [-0.2, -0.15) is 0 Å². The number of nitrogens with zero attached hydrogens (tertiary/aromatic N) is 3. The second-order valence-electron chi connectivity index (χ2n) is 9.22. The minimum atomic E-state index is 1.24. The van der Waals surface area contributed by atoms with Crippen molar-refractivity contribution in [2.75, 3.05) is 19.0 Å². The fourth-order valence-electron chi connectivity index (χ4n) is 5.87. The zero-order valence-electron chi connectivity index (χ0n) is 18.8. The van der Waals surface area contributed by atoms with Crippen LogP contribution in [0.15, 0.2) is 72.9 Å². The zero-order chi connectivity index (χ0) is 21.7. The van der Waals surface area contributed by atoms with Crippen molar-refractivity contribution >= 4 is 65.5 Å². The predicted octanol–water partition coefficient (Wildman–Crippen LogP) is 6.34. The molecule has 3 heterocycles. The number of pyridine rings is 2. The van der Waals surface area contributed by atoms with Gasteiger partial charge >= 0.3 is 0 Å². The highest BCUT2D eigenvalue weighted by Gasteiger charge is 2.25. The van der Waals surface area contributed by atoms with E-state index in [9.17, 15) is 0 Å². The van der Waals surface area contributed by atoms with Crippen LogP contribution in [0.4, 0.5) is 5.69 Å². The Bertz CT molecular complexity index is 1870. The van der Waals surface area contributed by atoms with Crippen LogP contribution in [0.25, 0.3) is 59.8 Å². The standard InChI is InChI=1S/C29H24N3/c1-17-20-9-6-5-8-19(20)16-24-25(17)29-26-18(14-15-31(29)4)12-13-22-21-10-7-11-23(30(2)3)27(21)32(24)28(22)26/h5-16H,1-4H3/q+1. The normalized spacial score (nSPS) is 12.4. The van der Waals surface area contributed by atoms with E-state index in [1.54, 1.807) is 0 Å². The van der Waals surface area contributed by atoms with Crippen LogP contribution < -0.4 is 9.47 Å². The first-order chi connectivity index (χ1) is 15.6. The van der Waals surface area contributed by atoms with Gasteiger partial charge in [0, 0.05) is 30.9 Å². The van der Waals surface area contributed by atoms with Crippen molar-refractivity contribution < 1.29 is 4.57 Å². The molecule has 0 aliphatic carbocycles. The molecule has 0 fully saturated rings. The Morgan fingerprint density at radius 2 is 1.53 bits per heavy atom. The monoisotopic (exact) mass is 414 g/mol. The van der Waals surface area contributed by atoms with Crippen molar-refractivity contribution in [3.05, 3.63) is 78.5 Å². The third-order valence-electron chi connectivity index (χ3n) is 7.28. The van der Waals surface area contributed by atoms with Crippen LogP contribution in [0, 0.1) is 6.92 Å². The summed E-state index contributed by atoms with van der Waals surface area (Å²) >= 11 is 0. The average molecular weight is 415 g/mol. The van der Waals surface area contributed by atoms with Gasteiger partial charge in [0.2, 0.25) is 5.52 Å². The van der Waals surface area contributed by atoms with E-state index in [2.05, 4.69) is 115 Å². The molecule has 3 nitrogen and oxygen atoms in total. The topological polar surface area (TPSA) is 11.5 Å². The number of aromatic nitrogens is 2. The Hall–Kier alpha value is -3.85. The van der Waals surface area contributed by atoms with Gasteiger partial charge in [-0.05, 0) is 40.8 Å². The first kappa shape index (κ1) is 17.8. The van der Waals surface area contributed by atoms with Crippen molar-refractivity contribution in [3.63, 3.8) is 0 Å². The number of anilines is 1. The maximum absolute atomic E-state index is 2.53. The summed E-state index contributed by atoms with van der Waals surface area (Å²) < 4.78 is 4.83. The lowest BCUT2D eigenvalue weighted by atomic mass is 9.96. The summed E-state index contributed by atoms with van der Waals surface area (Å²) in [5.41, 5.74) is 7.78.